The van der Waals surface area contributed by atoms with Gasteiger partial charge in [0.25, 0.3) is 0 Å². The number of rotatable bonds is 5. The van der Waals surface area contributed by atoms with Crippen LogP contribution in [0.5, 0.6) is 5.75 Å². The fourth-order valence-electron chi connectivity index (χ4n) is 1.57. The molecule has 2 aromatic rings. The summed E-state index contributed by atoms with van der Waals surface area (Å²) >= 11 is 5.19. The summed E-state index contributed by atoms with van der Waals surface area (Å²) in [6.07, 6.45) is 0. The van der Waals surface area contributed by atoms with Gasteiger partial charge < -0.3 is 10.5 Å². The Kier molecular flexibility index (Phi) is 5.33. The van der Waals surface area contributed by atoms with Crippen LogP contribution in [0.15, 0.2) is 51.8 Å². The van der Waals surface area contributed by atoms with Gasteiger partial charge in [0.05, 0.1) is 18.2 Å². The van der Waals surface area contributed by atoms with E-state index in [1.54, 1.807) is 23.9 Å². The van der Waals surface area contributed by atoms with Gasteiger partial charge in [0.15, 0.2) is 0 Å². The van der Waals surface area contributed by atoms with Crippen LogP contribution in [-0.2, 0) is 0 Å². The Balaban J connectivity index is 1.80. The highest BCUT2D eigenvalue weighted by Crippen LogP contribution is 2.29. The first kappa shape index (κ1) is 14.8. The topological polar surface area (TPSA) is 59.0 Å². The third kappa shape index (κ3) is 4.19. The normalized spacial score (nSPS) is 10.0. The molecule has 102 valence electrons. The van der Waals surface area contributed by atoms with Crippen molar-refractivity contribution in [3.05, 3.63) is 52.5 Å². The molecule has 2 rings (SSSR count). The van der Waals surface area contributed by atoms with E-state index in [4.69, 9.17) is 15.7 Å². The molecule has 0 heterocycles. The van der Waals surface area contributed by atoms with E-state index in [9.17, 15) is 0 Å². The Morgan fingerprint density at radius 3 is 2.60 bits per heavy atom. The van der Waals surface area contributed by atoms with Gasteiger partial charge in [0.1, 0.15) is 5.75 Å². The van der Waals surface area contributed by atoms with Gasteiger partial charge in [-0.05, 0) is 58.4 Å². The number of halogens is 1. The summed E-state index contributed by atoms with van der Waals surface area (Å²) in [5.41, 5.74) is 7.08. The third-order valence-corrected chi connectivity index (χ3v) is 4.51. The summed E-state index contributed by atoms with van der Waals surface area (Å²) in [7, 11) is 0. The lowest BCUT2D eigenvalue weighted by Gasteiger charge is -2.07. The molecule has 0 radical (unpaired) electrons. The molecule has 3 nitrogen and oxygen atoms in total. The Labute approximate surface area is 130 Å². The first-order chi connectivity index (χ1) is 9.69. The molecule has 0 amide bonds. The van der Waals surface area contributed by atoms with E-state index in [1.807, 2.05) is 30.3 Å². The maximum Gasteiger partial charge on any atom is 0.119 e. The molecule has 0 spiro atoms. The van der Waals surface area contributed by atoms with Crippen LogP contribution in [0.2, 0.25) is 0 Å². The predicted octanol–water partition coefficient (Wildman–Crippen LogP) is 4.07. The lowest BCUT2D eigenvalue weighted by Crippen LogP contribution is -2.00. The van der Waals surface area contributed by atoms with Crippen molar-refractivity contribution in [3.63, 3.8) is 0 Å². The number of ether oxygens (including phenoxy) is 1. The van der Waals surface area contributed by atoms with Gasteiger partial charge in [0, 0.05) is 20.8 Å². The molecule has 0 unspecified atom stereocenters. The average molecular weight is 349 g/mol. The first-order valence-electron chi connectivity index (χ1n) is 6.00. The van der Waals surface area contributed by atoms with Crippen LogP contribution >= 0.6 is 27.7 Å². The molecular formula is C15H13BrN2OS. The molecular weight excluding hydrogens is 336 g/mol. The quantitative estimate of drug-likeness (QED) is 0.502. The monoisotopic (exact) mass is 348 g/mol. The minimum absolute atomic E-state index is 0.605. The van der Waals surface area contributed by atoms with Gasteiger partial charge in [-0.2, -0.15) is 5.26 Å². The second-order valence-electron chi connectivity index (χ2n) is 4.02. The Morgan fingerprint density at radius 1 is 1.20 bits per heavy atom. The Bertz CT molecular complexity index is 623. The largest absolute Gasteiger partial charge is 0.493 e. The lowest BCUT2D eigenvalue weighted by molar-refractivity contribution is 0.344. The highest BCUT2D eigenvalue weighted by molar-refractivity contribution is 9.10. The van der Waals surface area contributed by atoms with Crippen LogP contribution in [0.4, 0.5) is 5.69 Å². The predicted molar refractivity (Wildman–Crippen MR) is 85.9 cm³/mol. The minimum Gasteiger partial charge on any atom is -0.493 e. The van der Waals surface area contributed by atoms with Gasteiger partial charge in [-0.3, -0.25) is 0 Å². The number of thioether (sulfide) groups is 1. The fourth-order valence-corrected chi connectivity index (χ4v) is 3.06. The molecule has 2 aromatic carbocycles. The number of hydrogen-bond donors (Lipinski definition) is 1. The van der Waals surface area contributed by atoms with Crippen LogP contribution in [0, 0.1) is 11.3 Å². The van der Waals surface area contributed by atoms with E-state index in [0.717, 1.165) is 26.6 Å². The molecule has 2 N–H and O–H groups in total. The number of hydrogen-bond acceptors (Lipinski definition) is 4. The zero-order valence-corrected chi connectivity index (χ0v) is 13.1. The third-order valence-electron chi connectivity index (χ3n) is 2.55. The van der Waals surface area contributed by atoms with E-state index in [0.29, 0.717) is 12.2 Å². The summed E-state index contributed by atoms with van der Waals surface area (Å²) in [6.45, 7) is 0.605. The summed E-state index contributed by atoms with van der Waals surface area (Å²) in [5.74, 6) is 1.61. The zero-order chi connectivity index (χ0) is 14.4. The number of nitriles is 1. The highest BCUT2D eigenvalue weighted by atomic mass is 79.9. The summed E-state index contributed by atoms with van der Waals surface area (Å²) in [6, 6.07) is 15.0. The van der Waals surface area contributed by atoms with E-state index in [-0.39, 0.29) is 0 Å². The molecule has 0 aromatic heterocycles. The van der Waals surface area contributed by atoms with Crippen molar-refractivity contribution >= 4 is 33.4 Å². The van der Waals surface area contributed by atoms with Crippen molar-refractivity contribution in [1.29, 1.82) is 5.26 Å². The fraction of sp³-hybridized carbons (Fsp3) is 0.133. The number of anilines is 1. The molecule has 0 atom stereocenters. The number of nitrogens with two attached hydrogens (primary N) is 1. The number of nitrogen functional groups attached to an aromatic ring is 1. The van der Waals surface area contributed by atoms with Crippen molar-refractivity contribution in [1.82, 2.24) is 0 Å². The zero-order valence-electron chi connectivity index (χ0n) is 10.7. The molecule has 0 aliphatic heterocycles. The molecule has 0 aliphatic rings. The molecule has 0 aliphatic carbocycles. The van der Waals surface area contributed by atoms with Gasteiger partial charge >= 0.3 is 0 Å². The van der Waals surface area contributed by atoms with Crippen molar-refractivity contribution in [2.45, 2.75) is 4.90 Å². The van der Waals surface area contributed by atoms with Crippen molar-refractivity contribution in [2.75, 3.05) is 18.1 Å². The van der Waals surface area contributed by atoms with Crippen LogP contribution in [0.3, 0.4) is 0 Å². The Hall–Kier alpha value is -1.64. The van der Waals surface area contributed by atoms with Crippen molar-refractivity contribution in [3.8, 4) is 11.8 Å². The molecule has 20 heavy (non-hydrogen) atoms. The molecule has 0 fully saturated rings. The maximum absolute atomic E-state index is 8.71. The first-order valence-corrected chi connectivity index (χ1v) is 7.77. The standard InChI is InChI=1S/C15H13BrN2OS/c16-14-9-12(18)3-6-15(14)20-8-7-19-13-4-1-11(10-17)2-5-13/h1-6,9H,7-8,18H2. The summed E-state index contributed by atoms with van der Waals surface area (Å²) in [4.78, 5) is 1.14. The summed E-state index contributed by atoms with van der Waals surface area (Å²) < 4.78 is 6.62. The molecule has 5 heteroatoms. The van der Waals surface area contributed by atoms with E-state index in [1.165, 1.54) is 0 Å². The van der Waals surface area contributed by atoms with Crippen LogP contribution in [-0.4, -0.2) is 12.4 Å². The SMILES string of the molecule is N#Cc1ccc(OCCSc2ccc(N)cc2Br)cc1. The minimum atomic E-state index is 0.605. The summed E-state index contributed by atoms with van der Waals surface area (Å²) in [5, 5.41) is 8.71. The van der Waals surface area contributed by atoms with Crippen LogP contribution in [0.1, 0.15) is 5.56 Å². The second kappa shape index (κ2) is 7.22. The number of nitrogens with zero attached hydrogens (tertiary/aromatic N) is 1. The highest BCUT2D eigenvalue weighted by Gasteiger charge is 2.01. The van der Waals surface area contributed by atoms with E-state index < -0.39 is 0 Å². The maximum atomic E-state index is 8.71. The molecule has 0 bridgehead atoms. The number of benzene rings is 2. The van der Waals surface area contributed by atoms with E-state index in [2.05, 4.69) is 22.0 Å². The van der Waals surface area contributed by atoms with E-state index >= 15 is 0 Å². The van der Waals surface area contributed by atoms with Gasteiger partial charge in [0.2, 0.25) is 0 Å². The smallest absolute Gasteiger partial charge is 0.119 e. The van der Waals surface area contributed by atoms with Gasteiger partial charge in [-0.15, -0.1) is 11.8 Å². The van der Waals surface area contributed by atoms with Crippen LogP contribution in [0.25, 0.3) is 0 Å². The molecule has 0 saturated carbocycles. The van der Waals surface area contributed by atoms with Crippen LogP contribution < -0.4 is 10.5 Å². The van der Waals surface area contributed by atoms with Gasteiger partial charge in [-0.25, -0.2) is 0 Å². The second-order valence-corrected chi connectivity index (χ2v) is 6.01. The van der Waals surface area contributed by atoms with Crippen molar-refractivity contribution in [2.24, 2.45) is 0 Å². The Morgan fingerprint density at radius 2 is 1.95 bits per heavy atom. The molecule has 0 saturated heterocycles. The lowest BCUT2D eigenvalue weighted by atomic mass is 10.2. The van der Waals surface area contributed by atoms with Crippen molar-refractivity contribution < 1.29 is 4.74 Å². The average Bonchev–Trinajstić information content (AvgIpc) is 2.46. The van der Waals surface area contributed by atoms with Gasteiger partial charge in [-0.1, -0.05) is 0 Å².